The van der Waals surface area contributed by atoms with Gasteiger partial charge in [0.1, 0.15) is 5.75 Å². The molecule has 0 bridgehead atoms. The first-order valence-corrected chi connectivity index (χ1v) is 8.98. The van der Waals surface area contributed by atoms with E-state index < -0.39 is 0 Å². The Balaban J connectivity index is 1.60. The van der Waals surface area contributed by atoms with E-state index in [1.807, 2.05) is 31.2 Å². The predicted octanol–water partition coefficient (Wildman–Crippen LogP) is 4.23. The first-order valence-electron chi connectivity index (χ1n) is 8.60. The zero-order valence-electron chi connectivity index (χ0n) is 15.0. The van der Waals surface area contributed by atoms with Gasteiger partial charge in [-0.25, -0.2) is 0 Å². The summed E-state index contributed by atoms with van der Waals surface area (Å²) in [6.07, 6.45) is 0.297. The van der Waals surface area contributed by atoms with Gasteiger partial charge in [0.15, 0.2) is 0 Å². The van der Waals surface area contributed by atoms with Gasteiger partial charge in [-0.05, 0) is 30.7 Å². The van der Waals surface area contributed by atoms with E-state index in [9.17, 15) is 4.79 Å². The van der Waals surface area contributed by atoms with E-state index in [0.29, 0.717) is 41.1 Å². The second-order valence-electron chi connectivity index (χ2n) is 6.49. The van der Waals surface area contributed by atoms with Crippen LogP contribution in [0.4, 0.5) is 5.69 Å². The number of ether oxygens (including phenoxy) is 1. The maximum atomic E-state index is 12.6. The minimum absolute atomic E-state index is 0.0313. The summed E-state index contributed by atoms with van der Waals surface area (Å²) in [6.45, 7) is 2.43. The molecular formula is C20H18ClN3O3. The lowest BCUT2D eigenvalue weighted by Gasteiger charge is -2.19. The maximum absolute atomic E-state index is 12.6. The molecule has 0 spiro atoms. The summed E-state index contributed by atoms with van der Waals surface area (Å²) in [5.74, 6) is 1.39. The Morgan fingerprint density at radius 2 is 2.07 bits per heavy atom. The average molecular weight is 384 g/mol. The highest BCUT2D eigenvalue weighted by atomic mass is 35.5. The fourth-order valence-corrected chi connectivity index (χ4v) is 3.48. The van der Waals surface area contributed by atoms with Gasteiger partial charge in [0.25, 0.3) is 0 Å². The minimum Gasteiger partial charge on any atom is -0.495 e. The largest absolute Gasteiger partial charge is 0.495 e. The number of rotatable bonds is 4. The zero-order chi connectivity index (χ0) is 19.0. The second kappa shape index (κ2) is 7.04. The SMILES string of the molecule is COc1ccc(Cl)cc1N1CC(c2nc(-c3ccccc3C)no2)CC1=O. The Hall–Kier alpha value is -2.86. The van der Waals surface area contributed by atoms with Crippen molar-refractivity contribution in [1.82, 2.24) is 10.1 Å². The van der Waals surface area contributed by atoms with Crippen molar-refractivity contribution in [2.75, 3.05) is 18.6 Å². The lowest BCUT2D eigenvalue weighted by atomic mass is 10.1. The third-order valence-corrected chi connectivity index (χ3v) is 4.97. The number of aryl methyl sites for hydroxylation is 1. The second-order valence-corrected chi connectivity index (χ2v) is 6.93. The maximum Gasteiger partial charge on any atom is 0.232 e. The van der Waals surface area contributed by atoms with Crippen molar-refractivity contribution in [3.63, 3.8) is 0 Å². The number of hydrogen-bond acceptors (Lipinski definition) is 5. The van der Waals surface area contributed by atoms with E-state index in [-0.39, 0.29) is 11.8 Å². The highest BCUT2D eigenvalue weighted by Crippen LogP contribution is 2.38. The van der Waals surface area contributed by atoms with Gasteiger partial charge in [0.2, 0.25) is 17.6 Å². The van der Waals surface area contributed by atoms with E-state index in [4.69, 9.17) is 20.9 Å². The molecule has 1 unspecified atom stereocenters. The van der Waals surface area contributed by atoms with Crippen LogP contribution >= 0.6 is 11.6 Å². The Bertz CT molecular complexity index is 1000. The van der Waals surface area contributed by atoms with Gasteiger partial charge in [-0.3, -0.25) is 4.79 Å². The third-order valence-electron chi connectivity index (χ3n) is 4.73. The summed E-state index contributed by atoms with van der Waals surface area (Å²) in [4.78, 5) is 18.8. The minimum atomic E-state index is -0.175. The number of benzene rings is 2. The molecule has 27 heavy (non-hydrogen) atoms. The number of hydrogen-bond donors (Lipinski definition) is 0. The number of amides is 1. The molecule has 0 radical (unpaired) electrons. The molecule has 1 saturated heterocycles. The molecule has 3 aromatic rings. The van der Waals surface area contributed by atoms with Crippen molar-refractivity contribution in [2.45, 2.75) is 19.3 Å². The topological polar surface area (TPSA) is 68.5 Å². The van der Waals surface area contributed by atoms with Crippen molar-refractivity contribution in [1.29, 1.82) is 0 Å². The molecular weight excluding hydrogens is 366 g/mol. The summed E-state index contributed by atoms with van der Waals surface area (Å²) in [5.41, 5.74) is 2.64. The summed E-state index contributed by atoms with van der Waals surface area (Å²) >= 11 is 6.10. The molecule has 1 aromatic heterocycles. The molecule has 1 atom stereocenters. The number of nitrogens with zero attached hydrogens (tertiary/aromatic N) is 3. The van der Waals surface area contributed by atoms with Crippen LogP contribution in [0, 0.1) is 6.92 Å². The van der Waals surface area contributed by atoms with Crippen molar-refractivity contribution >= 4 is 23.2 Å². The average Bonchev–Trinajstić information content (AvgIpc) is 3.29. The zero-order valence-corrected chi connectivity index (χ0v) is 15.7. The normalized spacial score (nSPS) is 16.8. The number of halogens is 1. The van der Waals surface area contributed by atoms with Crippen molar-refractivity contribution in [2.24, 2.45) is 0 Å². The lowest BCUT2D eigenvalue weighted by molar-refractivity contribution is -0.117. The van der Waals surface area contributed by atoms with Crippen LogP contribution in [0.25, 0.3) is 11.4 Å². The van der Waals surface area contributed by atoms with E-state index in [1.54, 1.807) is 30.2 Å². The highest BCUT2D eigenvalue weighted by Gasteiger charge is 2.36. The molecule has 0 aliphatic carbocycles. The number of aromatic nitrogens is 2. The molecule has 0 saturated carbocycles. The number of carbonyl (C=O) groups excluding carboxylic acids is 1. The Kier molecular flexibility index (Phi) is 4.58. The molecule has 1 aliphatic heterocycles. The quantitative estimate of drug-likeness (QED) is 0.674. The van der Waals surface area contributed by atoms with Gasteiger partial charge in [0, 0.05) is 23.6 Å². The van der Waals surface area contributed by atoms with Crippen LogP contribution in [-0.2, 0) is 4.79 Å². The van der Waals surface area contributed by atoms with Crippen LogP contribution in [0.2, 0.25) is 5.02 Å². The Morgan fingerprint density at radius 3 is 2.85 bits per heavy atom. The molecule has 7 heteroatoms. The standard InChI is InChI=1S/C20H18ClN3O3/c1-12-5-3-4-6-15(12)19-22-20(27-23-19)13-9-18(25)24(11-13)16-10-14(21)7-8-17(16)26-2/h3-8,10,13H,9,11H2,1-2H3. The summed E-state index contributed by atoms with van der Waals surface area (Å²) in [6, 6.07) is 13.1. The monoisotopic (exact) mass is 383 g/mol. The highest BCUT2D eigenvalue weighted by molar-refractivity contribution is 6.31. The molecule has 6 nitrogen and oxygen atoms in total. The van der Waals surface area contributed by atoms with Crippen LogP contribution in [0.15, 0.2) is 47.0 Å². The predicted molar refractivity (Wildman–Crippen MR) is 102 cm³/mol. The number of methoxy groups -OCH3 is 1. The van der Waals surface area contributed by atoms with Crippen molar-refractivity contribution in [3.8, 4) is 17.1 Å². The van der Waals surface area contributed by atoms with Crippen LogP contribution in [0.1, 0.15) is 23.8 Å². The van der Waals surface area contributed by atoms with Crippen molar-refractivity contribution < 1.29 is 14.1 Å². The van der Waals surface area contributed by atoms with E-state index in [1.165, 1.54) is 0 Å². The number of carbonyl (C=O) groups is 1. The fourth-order valence-electron chi connectivity index (χ4n) is 3.31. The third kappa shape index (κ3) is 3.28. The van der Waals surface area contributed by atoms with Gasteiger partial charge < -0.3 is 14.2 Å². The van der Waals surface area contributed by atoms with Crippen molar-refractivity contribution in [3.05, 3.63) is 58.9 Å². The fraction of sp³-hybridized carbons (Fsp3) is 0.250. The van der Waals surface area contributed by atoms with Crippen LogP contribution in [-0.4, -0.2) is 29.7 Å². The summed E-state index contributed by atoms with van der Waals surface area (Å²) in [7, 11) is 1.57. The molecule has 138 valence electrons. The lowest BCUT2D eigenvalue weighted by Crippen LogP contribution is -2.24. The summed E-state index contributed by atoms with van der Waals surface area (Å²) in [5, 5.41) is 4.64. The van der Waals surface area contributed by atoms with Gasteiger partial charge in [-0.2, -0.15) is 4.98 Å². The van der Waals surface area contributed by atoms with E-state index >= 15 is 0 Å². The summed E-state index contributed by atoms with van der Waals surface area (Å²) < 4.78 is 10.8. The molecule has 1 fully saturated rings. The van der Waals surface area contributed by atoms with Gasteiger partial charge in [0.05, 0.1) is 18.7 Å². The van der Waals surface area contributed by atoms with Crippen LogP contribution in [0.3, 0.4) is 0 Å². The number of anilines is 1. The molecule has 0 N–H and O–H groups in total. The Morgan fingerprint density at radius 1 is 1.26 bits per heavy atom. The molecule has 4 rings (SSSR count). The molecule has 2 aromatic carbocycles. The molecule has 1 aliphatic rings. The van der Waals surface area contributed by atoms with E-state index in [2.05, 4.69) is 10.1 Å². The Labute approximate surface area is 161 Å². The van der Waals surface area contributed by atoms with E-state index in [0.717, 1.165) is 11.1 Å². The van der Waals surface area contributed by atoms with Gasteiger partial charge >= 0.3 is 0 Å². The van der Waals surface area contributed by atoms with Crippen LogP contribution < -0.4 is 9.64 Å². The molecule has 2 heterocycles. The van der Waals surface area contributed by atoms with Gasteiger partial charge in [-0.15, -0.1) is 0 Å². The van der Waals surface area contributed by atoms with Gasteiger partial charge in [-0.1, -0.05) is 41.0 Å². The molecule has 1 amide bonds. The van der Waals surface area contributed by atoms with Crippen LogP contribution in [0.5, 0.6) is 5.75 Å². The first-order chi connectivity index (χ1) is 13.1. The first kappa shape index (κ1) is 17.5. The smallest absolute Gasteiger partial charge is 0.232 e.